The van der Waals surface area contributed by atoms with Gasteiger partial charge in [0.1, 0.15) is 0 Å². The van der Waals surface area contributed by atoms with Crippen LogP contribution in [0.25, 0.3) is 5.65 Å². The number of imidazole rings is 1. The molecule has 0 aromatic carbocycles. The van der Waals surface area contributed by atoms with Gasteiger partial charge in [0.2, 0.25) is 0 Å². The number of hydrazine groups is 1. The molecule has 2 atom stereocenters. The van der Waals surface area contributed by atoms with Gasteiger partial charge < -0.3 is 15.1 Å². The summed E-state index contributed by atoms with van der Waals surface area (Å²) in [6.45, 7) is 2.22. The number of aromatic nitrogens is 3. The second-order valence-electron chi connectivity index (χ2n) is 4.81. The largest absolute Gasteiger partial charge is 0.364 e. The van der Waals surface area contributed by atoms with Crippen molar-refractivity contribution in [2.45, 2.75) is 32.2 Å². The summed E-state index contributed by atoms with van der Waals surface area (Å²) in [4.78, 5) is 8.75. The predicted molar refractivity (Wildman–Crippen MR) is 71.2 cm³/mol. The van der Waals surface area contributed by atoms with Crippen molar-refractivity contribution in [3.63, 3.8) is 0 Å². The molecule has 1 aliphatic carbocycles. The highest BCUT2D eigenvalue weighted by atomic mass is 15.3. The van der Waals surface area contributed by atoms with E-state index in [9.17, 15) is 0 Å². The van der Waals surface area contributed by atoms with E-state index in [1.165, 1.54) is 19.3 Å². The fourth-order valence-electron chi connectivity index (χ4n) is 2.39. The van der Waals surface area contributed by atoms with Gasteiger partial charge in [0, 0.05) is 18.4 Å². The Hall–Kier alpha value is -1.82. The number of hydrogen-bond donors (Lipinski definition) is 3. The van der Waals surface area contributed by atoms with Gasteiger partial charge in [0.15, 0.2) is 17.3 Å². The molecule has 96 valence electrons. The third kappa shape index (κ3) is 1.99. The Morgan fingerprint density at radius 2 is 2.44 bits per heavy atom. The predicted octanol–water partition coefficient (Wildman–Crippen LogP) is 1.62. The SMILES string of the molecule is CCCC1CC1Nc1nc(NN)cn2ccnc12. The minimum absolute atomic E-state index is 0.533. The van der Waals surface area contributed by atoms with Crippen LogP contribution in [0.3, 0.4) is 0 Å². The first-order chi connectivity index (χ1) is 8.81. The van der Waals surface area contributed by atoms with Crippen LogP contribution in [0.2, 0.25) is 0 Å². The van der Waals surface area contributed by atoms with Crippen molar-refractivity contribution < 1.29 is 0 Å². The zero-order chi connectivity index (χ0) is 12.5. The van der Waals surface area contributed by atoms with Gasteiger partial charge in [0.25, 0.3) is 0 Å². The van der Waals surface area contributed by atoms with Gasteiger partial charge in [-0.15, -0.1) is 0 Å². The molecule has 1 fully saturated rings. The minimum Gasteiger partial charge on any atom is -0.364 e. The van der Waals surface area contributed by atoms with E-state index < -0.39 is 0 Å². The van der Waals surface area contributed by atoms with Crippen molar-refractivity contribution in [2.24, 2.45) is 11.8 Å². The highest BCUT2D eigenvalue weighted by molar-refractivity contribution is 5.66. The summed E-state index contributed by atoms with van der Waals surface area (Å²) < 4.78 is 1.92. The van der Waals surface area contributed by atoms with Crippen LogP contribution in [0, 0.1) is 5.92 Å². The summed E-state index contributed by atoms with van der Waals surface area (Å²) in [6, 6.07) is 0.533. The monoisotopic (exact) mass is 246 g/mol. The van der Waals surface area contributed by atoms with Crippen molar-refractivity contribution in [2.75, 3.05) is 10.7 Å². The minimum atomic E-state index is 0.533. The molecule has 2 unspecified atom stereocenters. The summed E-state index contributed by atoms with van der Waals surface area (Å²) in [5, 5.41) is 3.46. The Bertz CT molecular complexity index is 548. The molecule has 3 rings (SSSR count). The maximum Gasteiger partial charge on any atom is 0.180 e. The van der Waals surface area contributed by atoms with Crippen LogP contribution >= 0.6 is 0 Å². The average Bonchev–Trinajstić information content (AvgIpc) is 2.92. The molecule has 1 aliphatic rings. The Morgan fingerprint density at radius 1 is 1.56 bits per heavy atom. The number of nitrogens with two attached hydrogens (primary N) is 1. The average molecular weight is 246 g/mol. The Labute approximate surface area is 106 Å². The van der Waals surface area contributed by atoms with Crippen LogP contribution in [-0.4, -0.2) is 20.4 Å². The second kappa shape index (κ2) is 4.45. The molecule has 0 saturated heterocycles. The van der Waals surface area contributed by atoms with Crippen molar-refractivity contribution >= 4 is 17.3 Å². The Balaban J connectivity index is 1.84. The lowest BCUT2D eigenvalue weighted by molar-refractivity contribution is 0.692. The fraction of sp³-hybridized carbons (Fsp3) is 0.500. The third-order valence-electron chi connectivity index (χ3n) is 3.43. The topological polar surface area (TPSA) is 80.3 Å². The maximum absolute atomic E-state index is 5.43. The number of rotatable bonds is 5. The van der Waals surface area contributed by atoms with Gasteiger partial charge in [-0.05, 0) is 18.8 Å². The molecular weight excluding hydrogens is 228 g/mol. The standard InChI is InChI=1S/C12H18N6/c1-2-3-8-6-9(8)15-11-12-14-4-5-18(12)7-10(16-11)17-13/h4-5,7-9,17H,2-3,6,13H2,1H3,(H,15,16). The fourth-order valence-corrected chi connectivity index (χ4v) is 2.39. The molecule has 0 amide bonds. The molecular formula is C12H18N6. The summed E-state index contributed by atoms with van der Waals surface area (Å²) >= 11 is 0. The number of nitrogen functional groups attached to an aromatic ring is 1. The van der Waals surface area contributed by atoms with Crippen molar-refractivity contribution in [1.29, 1.82) is 0 Å². The molecule has 6 heteroatoms. The zero-order valence-electron chi connectivity index (χ0n) is 10.4. The van der Waals surface area contributed by atoms with Crippen LogP contribution in [-0.2, 0) is 0 Å². The number of nitrogens with zero attached hydrogens (tertiary/aromatic N) is 3. The molecule has 4 N–H and O–H groups in total. The van der Waals surface area contributed by atoms with Gasteiger partial charge in [-0.2, -0.15) is 0 Å². The van der Waals surface area contributed by atoms with Crippen LogP contribution in [0.1, 0.15) is 26.2 Å². The van der Waals surface area contributed by atoms with Crippen molar-refractivity contribution in [3.8, 4) is 0 Å². The first-order valence-corrected chi connectivity index (χ1v) is 6.38. The van der Waals surface area contributed by atoms with E-state index in [1.54, 1.807) is 6.20 Å². The third-order valence-corrected chi connectivity index (χ3v) is 3.43. The van der Waals surface area contributed by atoms with E-state index in [1.807, 2.05) is 16.8 Å². The lowest BCUT2D eigenvalue weighted by Gasteiger charge is -2.09. The van der Waals surface area contributed by atoms with E-state index in [4.69, 9.17) is 5.84 Å². The quantitative estimate of drug-likeness (QED) is 0.551. The summed E-state index contributed by atoms with van der Waals surface area (Å²) in [5.41, 5.74) is 3.42. The molecule has 2 aromatic heterocycles. The summed E-state index contributed by atoms with van der Waals surface area (Å²) in [6.07, 6.45) is 9.21. The lowest BCUT2D eigenvalue weighted by atomic mass is 10.2. The van der Waals surface area contributed by atoms with Gasteiger partial charge in [-0.25, -0.2) is 15.8 Å². The highest BCUT2D eigenvalue weighted by Crippen LogP contribution is 2.37. The molecule has 2 heterocycles. The zero-order valence-corrected chi connectivity index (χ0v) is 10.4. The maximum atomic E-state index is 5.43. The van der Waals surface area contributed by atoms with Crippen LogP contribution in [0.15, 0.2) is 18.6 Å². The van der Waals surface area contributed by atoms with E-state index in [0.29, 0.717) is 11.9 Å². The van der Waals surface area contributed by atoms with Crippen LogP contribution in [0.4, 0.5) is 11.6 Å². The van der Waals surface area contributed by atoms with E-state index >= 15 is 0 Å². The van der Waals surface area contributed by atoms with Crippen LogP contribution < -0.4 is 16.6 Å². The van der Waals surface area contributed by atoms with Crippen LogP contribution in [0.5, 0.6) is 0 Å². The number of hydrogen-bond acceptors (Lipinski definition) is 5. The number of fused-ring (bicyclic) bond motifs is 1. The summed E-state index contributed by atoms with van der Waals surface area (Å²) in [7, 11) is 0. The Morgan fingerprint density at radius 3 is 3.22 bits per heavy atom. The first-order valence-electron chi connectivity index (χ1n) is 6.38. The normalized spacial score (nSPS) is 22.1. The molecule has 0 radical (unpaired) electrons. The van der Waals surface area contributed by atoms with Gasteiger partial charge in [-0.3, -0.25) is 0 Å². The van der Waals surface area contributed by atoms with Gasteiger partial charge in [0.05, 0.1) is 6.20 Å². The molecule has 0 bridgehead atoms. The number of anilines is 2. The van der Waals surface area contributed by atoms with Gasteiger partial charge in [-0.1, -0.05) is 13.3 Å². The molecule has 2 aromatic rings. The first kappa shape index (κ1) is 11.3. The molecule has 18 heavy (non-hydrogen) atoms. The molecule has 1 saturated carbocycles. The summed E-state index contributed by atoms with van der Waals surface area (Å²) in [5.74, 6) is 7.64. The smallest absolute Gasteiger partial charge is 0.180 e. The highest BCUT2D eigenvalue weighted by Gasteiger charge is 2.36. The van der Waals surface area contributed by atoms with Crippen molar-refractivity contribution in [1.82, 2.24) is 14.4 Å². The molecule has 6 nitrogen and oxygen atoms in total. The molecule has 0 spiro atoms. The molecule has 0 aliphatic heterocycles. The van der Waals surface area contributed by atoms with E-state index in [2.05, 4.69) is 27.6 Å². The van der Waals surface area contributed by atoms with E-state index in [0.717, 1.165) is 17.4 Å². The Kier molecular flexibility index (Phi) is 2.79. The second-order valence-corrected chi connectivity index (χ2v) is 4.81. The number of nitrogens with one attached hydrogen (secondary N) is 2. The van der Waals surface area contributed by atoms with E-state index in [-0.39, 0.29) is 0 Å². The lowest BCUT2D eigenvalue weighted by Crippen LogP contribution is -2.13. The van der Waals surface area contributed by atoms with Crippen molar-refractivity contribution in [3.05, 3.63) is 18.6 Å². The van der Waals surface area contributed by atoms with Gasteiger partial charge >= 0.3 is 0 Å².